The van der Waals surface area contributed by atoms with E-state index in [0.29, 0.717) is 23.8 Å². The molecule has 1 unspecified atom stereocenters. The third-order valence-electron chi connectivity index (χ3n) is 4.84. The van der Waals surface area contributed by atoms with E-state index in [0.717, 1.165) is 28.6 Å². The van der Waals surface area contributed by atoms with E-state index < -0.39 is 4.92 Å². The van der Waals surface area contributed by atoms with Crippen molar-refractivity contribution in [1.82, 2.24) is 4.98 Å². The summed E-state index contributed by atoms with van der Waals surface area (Å²) in [6.45, 7) is 1.08. The van der Waals surface area contributed by atoms with Crippen LogP contribution in [-0.4, -0.2) is 35.1 Å². The van der Waals surface area contributed by atoms with Crippen LogP contribution in [0.5, 0.6) is 0 Å². The Kier molecular flexibility index (Phi) is 6.21. The fraction of sp³-hybridized carbons (Fsp3) is 0.238. The van der Waals surface area contributed by atoms with Crippen LogP contribution in [0.15, 0.2) is 58.4 Å². The van der Waals surface area contributed by atoms with Gasteiger partial charge in [0.15, 0.2) is 5.13 Å². The summed E-state index contributed by atoms with van der Waals surface area (Å²) in [5, 5.41) is 13.4. The quantitative estimate of drug-likeness (QED) is 0.347. The van der Waals surface area contributed by atoms with E-state index in [-0.39, 0.29) is 17.7 Å². The van der Waals surface area contributed by atoms with Gasteiger partial charge < -0.3 is 4.74 Å². The molecule has 1 saturated heterocycles. The van der Waals surface area contributed by atoms with Gasteiger partial charge in [0.25, 0.3) is 11.6 Å². The van der Waals surface area contributed by atoms with Gasteiger partial charge in [-0.3, -0.25) is 19.8 Å². The highest BCUT2D eigenvalue weighted by atomic mass is 79.9. The average molecular weight is 488 g/mol. The molecule has 0 spiro atoms. The van der Waals surface area contributed by atoms with Crippen LogP contribution < -0.4 is 4.90 Å². The molecule has 1 fully saturated rings. The molecule has 0 bridgehead atoms. The number of amides is 1. The van der Waals surface area contributed by atoms with Gasteiger partial charge in [-0.05, 0) is 37.1 Å². The standard InChI is InChI=1S/C21H18BrN3O4S/c22-16-7-3-14(4-8-16)19-13-30-21(23-19)24(12-18-2-1-11-29-18)20(26)15-5-9-17(10-6-15)25(27)28/h3-10,13,18H,1-2,11-12H2. The molecule has 1 aliphatic heterocycles. The molecule has 3 aromatic rings. The highest BCUT2D eigenvalue weighted by Crippen LogP contribution is 2.30. The Bertz CT molecular complexity index is 1050. The molecule has 0 saturated carbocycles. The largest absolute Gasteiger partial charge is 0.376 e. The van der Waals surface area contributed by atoms with Crippen LogP contribution in [0.3, 0.4) is 0 Å². The minimum atomic E-state index is -0.482. The zero-order chi connectivity index (χ0) is 21.1. The third kappa shape index (κ3) is 4.58. The normalized spacial score (nSPS) is 15.8. The number of hydrogen-bond acceptors (Lipinski definition) is 6. The molecule has 1 atom stereocenters. The van der Waals surface area contributed by atoms with Gasteiger partial charge in [-0.2, -0.15) is 0 Å². The van der Waals surface area contributed by atoms with Gasteiger partial charge in [0.1, 0.15) is 0 Å². The number of aromatic nitrogens is 1. The van der Waals surface area contributed by atoms with Crippen molar-refractivity contribution in [2.75, 3.05) is 18.1 Å². The van der Waals surface area contributed by atoms with Crippen LogP contribution in [0.4, 0.5) is 10.8 Å². The monoisotopic (exact) mass is 487 g/mol. The fourth-order valence-corrected chi connectivity index (χ4v) is 4.37. The number of carbonyl (C=O) groups is 1. The second kappa shape index (κ2) is 9.03. The van der Waals surface area contributed by atoms with Gasteiger partial charge in [-0.1, -0.05) is 28.1 Å². The zero-order valence-corrected chi connectivity index (χ0v) is 18.3. The molecule has 9 heteroatoms. The second-order valence-corrected chi connectivity index (χ2v) is 8.63. The maximum Gasteiger partial charge on any atom is 0.269 e. The molecule has 154 valence electrons. The lowest BCUT2D eigenvalue weighted by atomic mass is 10.1. The number of rotatable bonds is 6. The SMILES string of the molecule is O=C(c1ccc([N+](=O)[O-])cc1)N(CC1CCCO1)c1nc(-c2ccc(Br)cc2)cs1. The lowest BCUT2D eigenvalue weighted by molar-refractivity contribution is -0.384. The molecule has 0 radical (unpaired) electrons. The number of thiazole rings is 1. The lowest BCUT2D eigenvalue weighted by Crippen LogP contribution is -2.37. The molecule has 0 N–H and O–H groups in total. The summed E-state index contributed by atoms with van der Waals surface area (Å²) in [6.07, 6.45) is 1.80. The molecule has 1 aromatic heterocycles. The van der Waals surface area contributed by atoms with Crippen LogP contribution in [0.25, 0.3) is 11.3 Å². The van der Waals surface area contributed by atoms with Gasteiger partial charge in [-0.15, -0.1) is 11.3 Å². The number of nitrogens with zero attached hydrogens (tertiary/aromatic N) is 3. The third-order valence-corrected chi connectivity index (χ3v) is 6.24. The number of nitro benzene ring substituents is 1. The van der Waals surface area contributed by atoms with Gasteiger partial charge in [0, 0.05) is 39.7 Å². The topological polar surface area (TPSA) is 85.6 Å². The van der Waals surface area contributed by atoms with E-state index in [1.54, 1.807) is 4.90 Å². The summed E-state index contributed by atoms with van der Waals surface area (Å²) >= 11 is 4.82. The number of benzene rings is 2. The predicted molar refractivity (Wildman–Crippen MR) is 119 cm³/mol. The molecule has 2 aromatic carbocycles. The number of non-ortho nitro benzene ring substituents is 1. The Morgan fingerprint density at radius 2 is 1.97 bits per heavy atom. The number of hydrogen-bond donors (Lipinski definition) is 0. The summed E-state index contributed by atoms with van der Waals surface area (Å²) < 4.78 is 6.72. The molecular weight excluding hydrogens is 470 g/mol. The number of carbonyl (C=O) groups excluding carboxylic acids is 1. The Hall–Kier alpha value is -2.62. The Labute approximate surface area is 185 Å². The molecule has 30 heavy (non-hydrogen) atoms. The number of halogens is 1. The maximum atomic E-state index is 13.3. The Morgan fingerprint density at radius 1 is 1.23 bits per heavy atom. The van der Waals surface area contributed by atoms with Gasteiger partial charge in [-0.25, -0.2) is 4.98 Å². The summed E-state index contributed by atoms with van der Waals surface area (Å²) in [5.74, 6) is -0.253. The van der Waals surface area contributed by atoms with Crippen LogP contribution in [0.2, 0.25) is 0 Å². The van der Waals surface area contributed by atoms with E-state index in [1.807, 2.05) is 29.6 Å². The Morgan fingerprint density at radius 3 is 2.60 bits per heavy atom. The van der Waals surface area contributed by atoms with E-state index >= 15 is 0 Å². The minimum Gasteiger partial charge on any atom is -0.376 e. The maximum absolute atomic E-state index is 13.3. The van der Waals surface area contributed by atoms with Gasteiger partial charge in [0.2, 0.25) is 0 Å². The molecule has 7 nitrogen and oxygen atoms in total. The van der Waals surface area contributed by atoms with Gasteiger partial charge in [0.05, 0.1) is 23.3 Å². The molecule has 1 amide bonds. The molecule has 4 rings (SSSR count). The first kappa shape index (κ1) is 20.6. The van der Waals surface area contributed by atoms with Crippen LogP contribution in [0, 0.1) is 10.1 Å². The summed E-state index contributed by atoms with van der Waals surface area (Å²) in [5.41, 5.74) is 2.07. The van der Waals surface area contributed by atoms with Gasteiger partial charge >= 0.3 is 0 Å². The first-order valence-corrected chi connectivity index (χ1v) is 11.1. The highest BCUT2D eigenvalue weighted by molar-refractivity contribution is 9.10. The Balaban J connectivity index is 1.63. The van der Waals surface area contributed by atoms with Crippen molar-refractivity contribution in [3.05, 3.63) is 74.1 Å². The van der Waals surface area contributed by atoms with E-state index in [9.17, 15) is 14.9 Å². The highest BCUT2D eigenvalue weighted by Gasteiger charge is 2.27. The van der Waals surface area contributed by atoms with Crippen molar-refractivity contribution in [2.45, 2.75) is 18.9 Å². The van der Waals surface area contributed by atoms with Crippen molar-refractivity contribution < 1.29 is 14.5 Å². The second-order valence-electron chi connectivity index (χ2n) is 6.88. The first-order chi connectivity index (χ1) is 14.5. The van der Waals surface area contributed by atoms with E-state index in [4.69, 9.17) is 4.74 Å². The van der Waals surface area contributed by atoms with Crippen molar-refractivity contribution >= 4 is 44.0 Å². The number of nitro groups is 1. The smallest absolute Gasteiger partial charge is 0.269 e. The lowest BCUT2D eigenvalue weighted by Gasteiger charge is -2.23. The van der Waals surface area contributed by atoms with E-state index in [1.165, 1.54) is 35.6 Å². The molecule has 2 heterocycles. The number of anilines is 1. The predicted octanol–water partition coefficient (Wildman–Crippen LogP) is 5.31. The number of ether oxygens (including phenoxy) is 1. The van der Waals surface area contributed by atoms with Crippen LogP contribution in [-0.2, 0) is 4.74 Å². The van der Waals surface area contributed by atoms with Crippen molar-refractivity contribution in [3.63, 3.8) is 0 Å². The average Bonchev–Trinajstić information content (AvgIpc) is 3.44. The van der Waals surface area contributed by atoms with Crippen LogP contribution in [0.1, 0.15) is 23.2 Å². The van der Waals surface area contributed by atoms with E-state index in [2.05, 4.69) is 20.9 Å². The van der Waals surface area contributed by atoms with Crippen LogP contribution >= 0.6 is 27.3 Å². The zero-order valence-electron chi connectivity index (χ0n) is 15.9. The fourth-order valence-electron chi connectivity index (χ4n) is 3.26. The summed E-state index contributed by atoms with van der Waals surface area (Å²) in [6, 6.07) is 13.5. The van der Waals surface area contributed by atoms with Crippen molar-refractivity contribution in [3.8, 4) is 11.3 Å². The molecule has 0 aliphatic carbocycles. The molecule has 1 aliphatic rings. The van der Waals surface area contributed by atoms with Crippen molar-refractivity contribution in [2.24, 2.45) is 0 Å². The summed E-state index contributed by atoms with van der Waals surface area (Å²) in [7, 11) is 0. The van der Waals surface area contributed by atoms with Crippen molar-refractivity contribution in [1.29, 1.82) is 0 Å². The minimum absolute atomic E-state index is 0.0490. The first-order valence-electron chi connectivity index (χ1n) is 9.40. The summed E-state index contributed by atoms with van der Waals surface area (Å²) in [4.78, 5) is 30.0. The molecular formula is C21H18BrN3O4S.